The van der Waals surface area contributed by atoms with E-state index in [1.807, 2.05) is 0 Å². The third-order valence-electron chi connectivity index (χ3n) is 0.507. The molecule has 2 N–H and O–H groups in total. The molecule has 0 saturated heterocycles. The van der Waals surface area contributed by atoms with Crippen LogP contribution in [0.3, 0.4) is 0 Å². The molecule has 5 heteroatoms. The summed E-state index contributed by atoms with van der Waals surface area (Å²) >= 11 is 0. The molecule has 8 heavy (non-hydrogen) atoms. The zero-order valence-electron chi connectivity index (χ0n) is 3.98. The lowest BCUT2D eigenvalue weighted by Gasteiger charge is -1.96. The van der Waals surface area contributed by atoms with Crippen LogP contribution in [0.4, 0.5) is 0 Å². The molecule has 0 rings (SSSR count). The quantitative estimate of drug-likeness (QED) is 0.394. The maximum Gasteiger partial charge on any atom is 0.295 e. The van der Waals surface area contributed by atoms with Gasteiger partial charge in [-0.15, -0.1) is 0 Å². The van der Waals surface area contributed by atoms with Gasteiger partial charge in [-0.05, 0) is 6.08 Å². The van der Waals surface area contributed by atoms with E-state index in [0.717, 1.165) is 6.08 Å². The number of hydrogen-bond acceptors (Lipinski definition) is 3. The van der Waals surface area contributed by atoms with Gasteiger partial charge in [-0.1, -0.05) is 6.58 Å². The minimum absolute atomic E-state index is 0.718. The van der Waals surface area contributed by atoms with Crippen LogP contribution in [0, 0.1) is 0 Å². The Morgan fingerprint density at radius 1 is 1.62 bits per heavy atom. The molecule has 0 bridgehead atoms. The molecule has 0 aliphatic heterocycles. The smallest absolute Gasteiger partial charge is 0.295 e. The molecule has 0 spiro atoms. The van der Waals surface area contributed by atoms with Crippen LogP contribution in [0.15, 0.2) is 12.7 Å². The van der Waals surface area contributed by atoms with E-state index >= 15 is 0 Å². The number of aliphatic hydroxyl groups excluding tert-OH is 1. The Hall–Kier alpha value is -0.390. The minimum Gasteiger partial charge on any atom is -0.372 e. The summed E-state index contributed by atoms with van der Waals surface area (Å²) in [5, 5.41) is 8.24. The van der Waals surface area contributed by atoms with Crippen molar-refractivity contribution in [1.29, 1.82) is 0 Å². The Bertz CT molecular complexity index is 168. The Morgan fingerprint density at radius 2 is 2.00 bits per heavy atom. The second-order valence-corrected chi connectivity index (χ2v) is 2.65. The minimum atomic E-state index is -4.32. The topological polar surface area (TPSA) is 74.6 Å². The van der Waals surface area contributed by atoms with E-state index in [1.54, 1.807) is 0 Å². The van der Waals surface area contributed by atoms with E-state index in [0.29, 0.717) is 0 Å². The Morgan fingerprint density at radius 3 is 2.00 bits per heavy atom. The molecule has 0 aromatic heterocycles. The molecule has 0 aromatic rings. The van der Waals surface area contributed by atoms with Crippen LogP contribution in [0.5, 0.6) is 0 Å². The number of hydrogen-bond donors (Lipinski definition) is 2. The monoisotopic (exact) mass is 138 g/mol. The summed E-state index contributed by atoms with van der Waals surface area (Å²) in [4.78, 5) is 0. The molecule has 0 amide bonds. The Kier molecular flexibility index (Phi) is 2.14. The highest BCUT2D eigenvalue weighted by Gasteiger charge is 2.13. The van der Waals surface area contributed by atoms with Crippen LogP contribution < -0.4 is 0 Å². The summed E-state index contributed by atoms with van der Waals surface area (Å²) in [7, 11) is -4.32. The lowest BCUT2D eigenvalue weighted by Crippen LogP contribution is -2.15. The second kappa shape index (κ2) is 2.25. The molecule has 4 nitrogen and oxygen atoms in total. The highest BCUT2D eigenvalue weighted by molar-refractivity contribution is 7.86. The van der Waals surface area contributed by atoms with Crippen molar-refractivity contribution in [2.75, 3.05) is 0 Å². The molecule has 0 aliphatic carbocycles. The fourth-order valence-corrected chi connectivity index (χ4v) is 0.365. The third-order valence-corrected chi connectivity index (χ3v) is 1.31. The van der Waals surface area contributed by atoms with E-state index in [-0.39, 0.29) is 0 Å². The van der Waals surface area contributed by atoms with Crippen LogP contribution in [-0.4, -0.2) is 23.5 Å². The van der Waals surface area contributed by atoms with Gasteiger partial charge < -0.3 is 5.11 Å². The van der Waals surface area contributed by atoms with E-state index in [9.17, 15) is 8.42 Å². The van der Waals surface area contributed by atoms with Gasteiger partial charge >= 0.3 is 0 Å². The Balaban J connectivity index is 4.26. The Labute approximate surface area is 47.2 Å². The first-order chi connectivity index (χ1) is 3.48. The van der Waals surface area contributed by atoms with Gasteiger partial charge in [-0.3, -0.25) is 4.55 Å². The summed E-state index contributed by atoms with van der Waals surface area (Å²) in [6, 6.07) is 0. The van der Waals surface area contributed by atoms with Crippen molar-refractivity contribution in [2.45, 2.75) is 5.44 Å². The van der Waals surface area contributed by atoms with Gasteiger partial charge in [0.25, 0.3) is 10.1 Å². The first-order valence-electron chi connectivity index (χ1n) is 1.75. The molecule has 0 saturated carbocycles. The first kappa shape index (κ1) is 7.61. The second-order valence-electron chi connectivity index (χ2n) is 1.14. The van der Waals surface area contributed by atoms with Crippen molar-refractivity contribution >= 4 is 10.1 Å². The molecular formula is C3H6O4S. The van der Waals surface area contributed by atoms with Gasteiger partial charge in [0.1, 0.15) is 0 Å². The van der Waals surface area contributed by atoms with Crippen molar-refractivity contribution < 1.29 is 18.1 Å². The molecule has 0 radical (unpaired) electrons. The molecule has 1 atom stereocenters. The molecule has 0 aromatic carbocycles. The number of aliphatic hydroxyl groups is 1. The highest BCUT2D eigenvalue weighted by Crippen LogP contribution is 1.92. The van der Waals surface area contributed by atoms with Crippen molar-refractivity contribution in [2.24, 2.45) is 0 Å². The van der Waals surface area contributed by atoms with Gasteiger partial charge in [-0.25, -0.2) is 0 Å². The third kappa shape index (κ3) is 2.06. The van der Waals surface area contributed by atoms with Gasteiger partial charge in [-0.2, -0.15) is 8.42 Å². The van der Waals surface area contributed by atoms with E-state index in [4.69, 9.17) is 9.66 Å². The molecule has 0 heterocycles. The summed E-state index contributed by atoms with van der Waals surface area (Å²) < 4.78 is 27.5. The molecular weight excluding hydrogens is 132 g/mol. The lowest BCUT2D eigenvalue weighted by atomic mass is 10.7. The zero-order chi connectivity index (χ0) is 6.78. The van der Waals surface area contributed by atoms with Crippen molar-refractivity contribution in [3.63, 3.8) is 0 Å². The standard InChI is InChI=1S/C3H6O4S/c1-2-3(4)8(5,6)7/h2-4H,1H2,(H,5,6,7). The molecule has 0 fully saturated rings. The predicted molar refractivity (Wildman–Crippen MR) is 27.8 cm³/mol. The van der Waals surface area contributed by atoms with Crippen molar-refractivity contribution in [1.82, 2.24) is 0 Å². The van der Waals surface area contributed by atoms with Gasteiger partial charge in [0.05, 0.1) is 0 Å². The van der Waals surface area contributed by atoms with Crippen LogP contribution in [0.2, 0.25) is 0 Å². The van der Waals surface area contributed by atoms with Crippen LogP contribution in [-0.2, 0) is 10.1 Å². The summed E-state index contributed by atoms with van der Waals surface area (Å²) in [6.45, 7) is 2.94. The molecule has 1 unspecified atom stereocenters. The van der Waals surface area contributed by atoms with E-state index in [1.165, 1.54) is 0 Å². The zero-order valence-corrected chi connectivity index (χ0v) is 4.80. The van der Waals surface area contributed by atoms with E-state index < -0.39 is 15.6 Å². The van der Waals surface area contributed by atoms with Crippen LogP contribution in [0.1, 0.15) is 0 Å². The van der Waals surface area contributed by atoms with Crippen molar-refractivity contribution in [3.05, 3.63) is 12.7 Å². The fraction of sp³-hybridized carbons (Fsp3) is 0.333. The lowest BCUT2D eigenvalue weighted by molar-refractivity contribution is 0.276. The average Bonchev–Trinajstić information content (AvgIpc) is 1.62. The van der Waals surface area contributed by atoms with Crippen molar-refractivity contribution in [3.8, 4) is 0 Å². The van der Waals surface area contributed by atoms with Crippen LogP contribution >= 0.6 is 0 Å². The van der Waals surface area contributed by atoms with E-state index in [2.05, 4.69) is 6.58 Å². The summed E-state index contributed by atoms with van der Waals surface area (Å²) in [5.41, 5.74) is -1.86. The SMILES string of the molecule is C=CC(O)S(=O)(=O)O. The predicted octanol–water partition coefficient (Wildman–Crippen LogP) is -0.621. The van der Waals surface area contributed by atoms with Gasteiger partial charge in [0, 0.05) is 0 Å². The van der Waals surface area contributed by atoms with Crippen LogP contribution in [0.25, 0.3) is 0 Å². The molecule has 48 valence electrons. The fourth-order valence-electron chi connectivity index (χ4n) is 0.122. The maximum atomic E-state index is 9.80. The maximum absolute atomic E-state index is 9.80. The first-order valence-corrected chi connectivity index (χ1v) is 3.25. The molecule has 0 aliphatic rings. The van der Waals surface area contributed by atoms with Gasteiger partial charge in [0.15, 0.2) is 5.44 Å². The largest absolute Gasteiger partial charge is 0.372 e. The highest BCUT2D eigenvalue weighted by atomic mass is 32.2. The normalized spacial score (nSPS) is 15.2. The summed E-state index contributed by atoms with van der Waals surface area (Å²) in [6.07, 6.45) is 0.718. The number of rotatable bonds is 2. The van der Waals surface area contributed by atoms with Gasteiger partial charge in [0.2, 0.25) is 0 Å². The summed E-state index contributed by atoms with van der Waals surface area (Å²) in [5.74, 6) is 0. The average molecular weight is 138 g/mol.